The summed E-state index contributed by atoms with van der Waals surface area (Å²) >= 11 is 0. The van der Waals surface area contributed by atoms with E-state index < -0.39 is 16.6 Å². The molecule has 0 spiro atoms. The maximum atomic E-state index is 8.20. The maximum absolute atomic E-state index is 8.20. The van der Waals surface area contributed by atoms with E-state index in [1.807, 2.05) is 0 Å². The molecule has 0 radical (unpaired) electrons. The highest BCUT2D eigenvalue weighted by Gasteiger charge is 2.57. The van der Waals surface area contributed by atoms with Crippen molar-refractivity contribution in [2.24, 2.45) is 0 Å². The van der Waals surface area contributed by atoms with Crippen molar-refractivity contribution < 1.29 is 4.12 Å². The standard InChI is InChI=1S/C34H34OSi2/c1-34(2,3)37(32-25-15-7-16-26-32,33-27-17-8-18-28-33)35-36(29-19-9-4-10-20-29,30-21-11-5-12-22-30)31-23-13-6-14-24-31/h4-28H,1-3H3. The van der Waals surface area contributed by atoms with Crippen molar-refractivity contribution in [1.82, 2.24) is 0 Å². The van der Waals surface area contributed by atoms with E-state index in [9.17, 15) is 0 Å². The second-order valence-electron chi connectivity index (χ2n) is 10.5. The SMILES string of the molecule is CC(C)(C)[Si](O[Si](c1ccccc1)(c1ccccc1)c1ccccc1)(c1ccccc1)c1ccccc1. The fourth-order valence-corrected chi connectivity index (χ4v) is 17.4. The maximum Gasteiger partial charge on any atom is 0.278 e. The molecule has 0 atom stereocenters. The van der Waals surface area contributed by atoms with Crippen LogP contribution in [0.5, 0.6) is 0 Å². The average Bonchev–Trinajstić information content (AvgIpc) is 2.96. The lowest BCUT2D eigenvalue weighted by Gasteiger charge is -2.49. The van der Waals surface area contributed by atoms with Crippen LogP contribution in [0, 0.1) is 0 Å². The van der Waals surface area contributed by atoms with Gasteiger partial charge >= 0.3 is 0 Å². The Kier molecular flexibility index (Phi) is 7.12. The van der Waals surface area contributed by atoms with Crippen molar-refractivity contribution in [3.63, 3.8) is 0 Å². The minimum atomic E-state index is -2.97. The Morgan fingerprint density at radius 3 is 0.865 bits per heavy atom. The van der Waals surface area contributed by atoms with Crippen molar-refractivity contribution in [2.75, 3.05) is 0 Å². The van der Waals surface area contributed by atoms with Gasteiger partial charge in [-0.15, -0.1) is 0 Å². The highest BCUT2D eigenvalue weighted by atomic mass is 28.4. The van der Waals surface area contributed by atoms with E-state index in [4.69, 9.17) is 4.12 Å². The molecule has 5 rings (SSSR count). The van der Waals surface area contributed by atoms with Crippen LogP contribution in [0.2, 0.25) is 5.04 Å². The van der Waals surface area contributed by atoms with Gasteiger partial charge in [-0.1, -0.05) is 172 Å². The highest BCUT2D eigenvalue weighted by Crippen LogP contribution is 2.38. The van der Waals surface area contributed by atoms with Gasteiger partial charge in [0.25, 0.3) is 16.6 Å². The molecule has 0 amide bonds. The molecule has 0 aromatic heterocycles. The molecule has 0 bridgehead atoms. The summed E-state index contributed by atoms with van der Waals surface area (Å²) in [5.74, 6) is 0. The molecule has 184 valence electrons. The summed E-state index contributed by atoms with van der Waals surface area (Å²) in [5, 5.41) is 6.26. The summed E-state index contributed by atoms with van der Waals surface area (Å²) in [6, 6.07) is 54.8. The van der Waals surface area contributed by atoms with E-state index in [1.165, 1.54) is 25.9 Å². The van der Waals surface area contributed by atoms with Crippen molar-refractivity contribution in [3.8, 4) is 0 Å². The third-order valence-electron chi connectivity index (χ3n) is 7.26. The Balaban J connectivity index is 1.92. The van der Waals surface area contributed by atoms with Crippen molar-refractivity contribution in [3.05, 3.63) is 152 Å². The van der Waals surface area contributed by atoms with Crippen LogP contribution in [-0.4, -0.2) is 16.6 Å². The predicted octanol–water partition coefficient (Wildman–Crippen LogP) is 5.23. The Labute approximate surface area is 223 Å². The van der Waals surface area contributed by atoms with E-state index in [2.05, 4.69) is 172 Å². The van der Waals surface area contributed by atoms with Gasteiger partial charge in [0.15, 0.2) is 0 Å². The Hall–Kier alpha value is -3.51. The van der Waals surface area contributed by atoms with Gasteiger partial charge in [-0.2, -0.15) is 0 Å². The van der Waals surface area contributed by atoms with Gasteiger partial charge in [-0.3, -0.25) is 0 Å². The summed E-state index contributed by atoms with van der Waals surface area (Å²) in [6.07, 6.45) is 0. The lowest BCUT2D eigenvalue weighted by molar-refractivity contribution is 0.521. The first kappa shape index (κ1) is 25.2. The van der Waals surface area contributed by atoms with Crippen LogP contribution < -0.4 is 25.9 Å². The van der Waals surface area contributed by atoms with Crippen LogP contribution in [0.4, 0.5) is 0 Å². The molecule has 1 nitrogen and oxygen atoms in total. The van der Waals surface area contributed by atoms with Gasteiger partial charge in [0, 0.05) is 0 Å². The van der Waals surface area contributed by atoms with Crippen LogP contribution >= 0.6 is 0 Å². The minimum absolute atomic E-state index is 0.133. The molecule has 0 unspecified atom stereocenters. The van der Waals surface area contributed by atoms with Crippen LogP contribution in [0.25, 0.3) is 0 Å². The van der Waals surface area contributed by atoms with E-state index in [1.54, 1.807) is 0 Å². The second kappa shape index (κ2) is 10.5. The smallest absolute Gasteiger partial charge is 0.278 e. The molecule has 0 heterocycles. The molecule has 3 heteroatoms. The minimum Gasteiger partial charge on any atom is -0.438 e. The van der Waals surface area contributed by atoms with E-state index >= 15 is 0 Å². The summed E-state index contributed by atoms with van der Waals surface area (Å²) < 4.78 is 8.20. The quantitative estimate of drug-likeness (QED) is 0.213. The lowest BCUT2D eigenvalue weighted by atomic mass is 10.2. The van der Waals surface area contributed by atoms with Gasteiger partial charge in [-0.25, -0.2) is 0 Å². The van der Waals surface area contributed by atoms with E-state index in [-0.39, 0.29) is 5.04 Å². The third-order valence-corrected chi connectivity index (χ3v) is 17.6. The average molecular weight is 515 g/mol. The topological polar surface area (TPSA) is 9.23 Å². The predicted molar refractivity (Wildman–Crippen MR) is 163 cm³/mol. The van der Waals surface area contributed by atoms with Gasteiger partial charge in [0.2, 0.25) is 0 Å². The Morgan fingerprint density at radius 2 is 0.622 bits per heavy atom. The first-order valence-corrected chi connectivity index (χ1v) is 16.8. The second-order valence-corrected chi connectivity index (χ2v) is 18.5. The molecule has 0 fully saturated rings. The monoisotopic (exact) mass is 514 g/mol. The Morgan fingerprint density at radius 1 is 0.378 bits per heavy atom. The molecule has 0 aliphatic rings. The zero-order valence-electron chi connectivity index (χ0n) is 21.8. The van der Waals surface area contributed by atoms with Gasteiger partial charge in [-0.05, 0) is 31.0 Å². The zero-order valence-corrected chi connectivity index (χ0v) is 23.8. The number of hydrogen-bond acceptors (Lipinski definition) is 1. The van der Waals surface area contributed by atoms with Crippen molar-refractivity contribution >= 4 is 42.6 Å². The summed E-state index contributed by atoms with van der Waals surface area (Å²) in [6.45, 7) is 7.08. The molecule has 37 heavy (non-hydrogen) atoms. The molecule has 0 saturated heterocycles. The Bertz CT molecular complexity index is 1260. The first-order chi connectivity index (χ1) is 18.0. The molecule has 5 aromatic rings. The lowest BCUT2D eigenvalue weighted by Crippen LogP contribution is -2.79. The molecule has 0 aliphatic carbocycles. The summed E-state index contributed by atoms with van der Waals surface area (Å²) in [5.41, 5.74) is 0. The van der Waals surface area contributed by atoms with Crippen molar-refractivity contribution in [1.29, 1.82) is 0 Å². The molecule has 0 saturated carbocycles. The fourth-order valence-electron chi connectivity index (χ4n) is 5.57. The van der Waals surface area contributed by atoms with Crippen LogP contribution in [0.1, 0.15) is 20.8 Å². The van der Waals surface area contributed by atoms with Crippen LogP contribution in [0.3, 0.4) is 0 Å². The molecule has 5 aromatic carbocycles. The first-order valence-electron chi connectivity index (χ1n) is 13.0. The normalized spacial score (nSPS) is 12.3. The summed E-state index contributed by atoms with van der Waals surface area (Å²) in [4.78, 5) is 0. The molecular formula is C34H34OSi2. The highest BCUT2D eigenvalue weighted by molar-refractivity contribution is 7.15. The van der Waals surface area contributed by atoms with Gasteiger partial charge < -0.3 is 4.12 Å². The van der Waals surface area contributed by atoms with Crippen LogP contribution in [0.15, 0.2) is 152 Å². The van der Waals surface area contributed by atoms with E-state index in [0.717, 1.165) is 0 Å². The number of rotatable bonds is 7. The number of benzene rings is 5. The van der Waals surface area contributed by atoms with Crippen molar-refractivity contribution in [2.45, 2.75) is 25.8 Å². The number of hydrogen-bond donors (Lipinski definition) is 0. The van der Waals surface area contributed by atoms with Gasteiger partial charge in [0.1, 0.15) is 0 Å². The zero-order chi connectivity index (χ0) is 25.8. The van der Waals surface area contributed by atoms with E-state index in [0.29, 0.717) is 0 Å². The summed E-state index contributed by atoms with van der Waals surface area (Å²) in [7, 11) is -5.84. The van der Waals surface area contributed by atoms with Crippen LogP contribution in [-0.2, 0) is 4.12 Å². The largest absolute Gasteiger partial charge is 0.438 e. The molecule has 0 N–H and O–H groups in total. The fraction of sp³-hybridized carbons (Fsp3) is 0.118. The third kappa shape index (κ3) is 4.55. The molecule has 0 aliphatic heterocycles. The van der Waals surface area contributed by atoms with Gasteiger partial charge in [0.05, 0.1) is 0 Å². The molecular weight excluding hydrogens is 481 g/mol.